The number of hydrogen-bond acceptors (Lipinski definition) is 4. The Morgan fingerprint density at radius 3 is 2.25 bits per heavy atom. The van der Waals surface area contributed by atoms with Gasteiger partial charge in [0.05, 0.1) is 6.61 Å². The van der Waals surface area contributed by atoms with E-state index in [0.29, 0.717) is 12.3 Å². The third kappa shape index (κ3) is 8.44. The fraction of sp³-hybridized carbons (Fsp3) is 0.667. The van der Waals surface area contributed by atoms with E-state index in [1.165, 1.54) is 49.7 Å². The van der Waals surface area contributed by atoms with Crippen molar-refractivity contribution in [2.45, 2.75) is 77.2 Å². The molecular weight excluding hydrogens is 377 g/mol. The van der Waals surface area contributed by atoms with Crippen molar-refractivity contribution in [3.63, 3.8) is 0 Å². The van der Waals surface area contributed by atoms with Gasteiger partial charge in [0.1, 0.15) is 12.1 Å². The summed E-state index contributed by atoms with van der Waals surface area (Å²) in [6.45, 7) is 4.12. The van der Waals surface area contributed by atoms with Crippen LogP contribution in [0.3, 0.4) is 0 Å². The summed E-state index contributed by atoms with van der Waals surface area (Å²) in [4.78, 5) is 22.5. The van der Waals surface area contributed by atoms with Crippen molar-refractivity contribution < 1.29 is 23.6 Å². The molecule has 0 bridgehead atoms. The minimum atomic E-state index is -4.53. The first-order chi connectivity index (χ1) is 13.3. The Balaban J connectivity index is 1.81. The lowest BCUT2D eigenvalue weighted by molar-refractivity contribution is 0.127. The topological polar surface area (TPSA) is 88.4 Å². The van der Waals surface area contributed by atoms with E-state index in [1.54, 1.807) is 6.92 Å². The molecule has 0 saturated heterocycles. The van der Waals surface area contributed by atoms with E-state index in [0.717, 1.165) is 12.8 Å². The molecule has 0 fully saturated rings. The zero-order valence-electron chi connectivity index (χ0n) is 17.1. The van der Waals surface area contributed by atoms with Gasteiger partial charge in [-0.15, -0.1) is 0 Å². The van der Waals surface area contributed by atoms with Gasteiger partial charge in [-0.25, -0.2) is 9.56 Å². The molecule has 0 aliphatic carbocycles. The fourth-order valence-electron chi connectivity index (χ4n) is 3.47. The lowest BCUT2D eigenvalue weighted by Gasteiger charge is -2.24. The van der Waals surface area contributed by atoms with Gasteiger partial charge in [0.15, 0.2) is 5.90 Å². The molecule has 2 rings (SSSR count). The highest BCUT2D eigenvalue weighted by Gasteiger charge is 2.37. The van der Waals surface area contributed by atoms with Crippen LogP contribution in [0.1, 0.15) is 69.9 Å². The van der Waals surface area contributed by atoms with E-state index < -0.39 is 13.4 Å². The molecular formula is C21H34NO5P. The minimum absolute atomic E-state index is 0.148. The van der Waals surface area contributed by atoms with Crippen LogP contribution in [-0.2, 0) is 26.7 Å². The Morgan fingerprint density at radius 2 is 1.68 bits per heavy atom. The highest BCUT2D eigenvalue weighted by atomic mass is 31.2. The average molecular weight is 411 g/mol. The maximum Gasteiger partial charge on any atom is 0.469 e. The van der Waals surface area contributed by atoms with Crippen molar-refractivity contribution in [2.24, 2.45) is 4.99 Å². The third-order valence-electron chi connectivity index (χ3n) is 5.17. The fourth-order valence-corrected chi connectivity index (χ4v) is 3.88. The van der Waals surface area contributed by atoms with Crippen molar-refractivity contribution >= 4 is 13.7 Å². The molecule has 7 heteroatoms. The predicted molar refractivity (Wildman–Crippen MR) is 112 cm³/mol. The number of phosphoric ester groups is 1. The molecule has 1 atom stereocenters. The lowest BCUT2D eigenvalue weighted by atomic mass is 9.93. The van der Waals surface area contributed by atoms with Crippen LogP contribution in [0, 0.1) is 0 Å². The van der Waals surface area contributed by atoms with Crippen molar-refractivity contribution in [2.75, 3.05) is 13.2 Å². The van der Waals surface area contributed by atoms with Gasteiger partial charge in [-0.2, -0.15) is 0 Å². The van der Waals surface area contributed by atoms with Crippen molar-refractivity contribution in [1.82, 2.24) is 0 Å². The predicted octanol–water partition coefficient (Wildman–Crippen LogP) is 4.82. The molecule has 1 aliphatic rings. The summed E-state index contributed by atoms with van der Waals surface area (Å²) in [6.07, 6.45) is 10.3. The molecule has 1 aromatic rings. The summed E-state index contributed by atoms with van der Waals surface area (Å²) in [6, 6.07) is 8.63. The van der Waals surface area contributed by atoms with Crippen molar-refractivity contribution in [3.8, 4) is 0 Å². The van der Waals surface area contributed by atoms with Gasteiger partial charge >= 0.3 is 7.82 Å². The highest BCUT2D eigenvalue weighted by Crippen LogP contribution is 2.39. The van der Waals surface area contributed by atoms with E-state index in [-0.39, 0.29) is 13.2 Å². The number of benzene rings is 1. The largest absolute Gasteiger partial charge is 0.479 e. The molecule has 0 radical (unpaired) electrons. The van der Waals surface area contributed by atoms with Crippen LogP contribution < -0.4 is 0 Å². The standard InChI is InChI=1S/C21H34NO5P/c1-3-4-5-6-7-8-9-19-10-12-20(13-11-19)14-15-21(16-26-18(2)22-21)17-27-28(23,24)25/h10-13H,3-9,14-17H2,1-2H3,(H2,23,24,25)/t21-/m0/s1. The molecule has 158 valence electrons. The first-order valence-corrected chi connectivity index (χ1v) is 11.8. The Bertz CT molecular complexity index is 670. The molecule has 0 aromatic heterocycles. The molecule has 28 heavy (non-hydrogen) atoms. The molecule has 1 heterocycles. The quantitative estimate of drug-likeness (QED) is 0.359. The maximum absolute atomic E-state index is 11.1. The summed E-state index contributed by atoms with van der Waals surface area (Å²) in [7, 11) is -4.53. The van der Waals surface area contributed by atoms with Crippen LogP contribution >= 0.6 is 7.82 Å². The Kier molecular flexibility index (Phi) is 9.16. The minimum Gasteiger partial charge on any atom is -0.479 e. The van der Waals surface area contributed by atoms with Crippen LogP contribution in [0.15, 0.2) is 29.3 Å². The molecule has 2 N–H and O–H groups in total. The van der Waals surface area contributed by atoms with E-state index in [9.17, 15) is 4.57 Å². The summed E-state index contributed by atoms with van der Waals surface area (Å²) >= 11 is 0. The Hall–Kier alpha value is -1.20. The Labute approximate surface area is 168 Å². The monoisotopic (exact) mass is 411 g/mol. The lowest BCUT2D eigenvalue weighted by Crippen LogP contribution is -2.34. The number of unbranched alkanes of at least 4 members (excludes halogenated alkanes) is 5. The molecule has 1 aromatic carbocycles. The number of nitrogens with zero attached hydrogens (tertiary/aromatic N) is 1. The second kappa shape index (κ2) is 11.1. The second-order valence-corrected chi connectivity index (χ2v) is 8.98. The molecule has 0 saturated carbocycles. The van der Waals surface area contributed by atoms with Gasteiger partial charge in [-0.1, -0.05) is 63.3 Å². The SMILES string of the molecule is CCCCCCCCc1ccc(CC[C@@]2(COP(=O)(O)O)COC(C)=N2)cc1. The van der Waals surface area contributed by atoms with Gasteiger partial charge < -0.3 is 14.5 Å². The van der Waals surface area contributed by atoms with E-state index >= 15 is 0 Å². The first-order valence-electron chi connectivity index (χ1n) is 10.3. The maximum atomic E-state index is 11.1. The van der Waals surface area contributed by atoms with Gasteiger partial charge in [-0.05, 0) is 36.8 Å². The normalized spacial score (nSPS) is 19.5. The zero-order chi connectivity index (χ0) is 20.5. The number of ether oxygens (including phenoxy) is 1. The summed E-state index contributed by atoms with van der Waals surface area (Å²) in [5.41, 5.74) is 1.81. The van der Waals surface area contributed by atoms with Crippen LogP contribution in [-0.4, -0.2) is 34.4 Å². The number of hydrogen-bond donors (Lipinski definition) is 2. The summed E-state index contributed by atoms with van der Waals surface area (Å²) < 4.78 is 21.2. The van der Waals surface area contributed by atoms with Gasteiger partial charge in [0.2, 0.25) is 0 Å². The van der Waals surface area contributed by atoms with Crippen LogP contribution in [0.2, 0.25) is 0 Å². The first kappa shape index (κ1) is 23.1. The van der Waals surface area contributed by atoms with Crippen LogP contribution in [0.5, 0.6) is 0 Å². The average Bonchev–Trinajstić information content (AvgIpc) is 3.03. The number of aliphatic imine (C=N–C) groups is 1. The van der Waals surface area contributed by atoms with E-state index in [4.69, 9.17) is 19.0 Å². The molecule has 0 amide bonds. The van der Waals surface area contributed by atoms with Crippen LogP contribution in [0.25, 0.3) is 0 Å². The second-order valence-electron chi connectivity index (χ2n) is 7.74. The number of aryl methyl sites for hydroxylation is 2. The third-order valence-corrected chi connectivity index (χ3v) is 5.63. The number of rotatable bonds is 13. The summed E-state index contributed by atoms with van der Waals surface area (Å²) in [5.74, 6) is 0.531. The van der Waals surface area contributed by atoms with Gasteiger partial charge in [0, 0.05) is 6.92 Å². The van der Waals surface area contributed by atoms with Crippen LogP contribution in [0.4, 0.5) is 0 Å². The summed E-state index contributed by atoms with van der Waals surface area (Å²) in [5, 5.41) is 0. The number of phosphoric acid groups is 1. The molecule has 1 aliphatic heterocycles. The molecule has 6 nitrogen and oxygen atoms in total. The van der Waals surface area contributed by atoms with Gasteiger partial charge in [0.25, 0.3) is 0 Å². The van der Waals surface area contributed by atoms with Gasteiger partial charge in [-0.3, -0.25) is 4.52 Å². The van der Waals surface area contributed by atoms with Crippen molar-refractivity contribution in [3.05, 3.63) is 35.4 Å². The zero-order valence-corrected chi connectivity index (χ0v) is 18.0. The molecule has 0 spiro atoms. The highest BCUT2D eigenvalue weighted by molar-refractivity contribution is 7.46. The smallest absolute Gasteiger partial charge is 0.469 e. The van der Waals surface area contributed by atoms with E-state index in [2.05, 4.69) is 36.2 Å². The van der Waals surface area contributed by atoms with E-state index in [1.807, 2.05) is 0 Å². The Morgan fingerprint density at radius 1 is 1.07 bits per heavy atom. The molecule has 0 unspecified atom stereocenters. The van der Waals surface area contributed by atoms with Crippen molar-refractivity contribution in [1.29, 1.82) is 0 Å².